The lowest BCUT2D eigenvalue weighted by Gasteiger charge is -2.11. The van der Waals surface area contributed by atoms with Crippen molar-refractivity contribution < 1.29 is 9.53 Å². The predicted octanol–water partition coefficient (Wildman–Crippen LogP) is 2.80. The first kappa shape index (κ1) is 13.7. The van der Waals surface area contributed by atoms with E-state index in [4.69, 9.17) is 4.74 Å². The van der Waals surface area contributed by atoms with Gasteiger partial charge in [0.25, 0.3) is 0 Å². The van der Waals surface area contributed by atoms with Gasteiger partial charge in [0.1, 0.15) is 11.7 Å². The molecule has 0 amide bonds. The van der Waals surface area contributed by atoms with Crippen LogP contribution in [-0.4, -0.2) is 25.6 Å². The van der Waals surface area contributed by atoms with Crippen LogP contribution in [0.1, 0.15) is 29.1 Å². The lowest BCUT2D eigenvalue weighted by atomic mass is 10.2. The van der Waals surface area contributed by atoms with Crippen molar-refractivity contribution in [3.8, 4) is 0 Å². The smallest absolute Gasteiger partial charge is 0.344 e. The number of ether oxygens (including phenoxy) is 1. The standard InChI is InChI=1S/C14H11BrN4O2/c1-9(12-4-2-3-5-16-12)21-14(20)11-7-18-19-8-10(15)6-17-13(11)19/h2-9H,1H3. The lowest BCUT2D eigenvalue weighted by molar-refractivity contribution is 0.0331. The first-order valence-electron chi connectivity index (χ1n) is 6.26. The summed E-state index contributed by atoms with van der Waals surface area (Å²) in [6.07, 6.45) is 6.00. The zero-order valence-corrected chi connectivity index (χ0v) is 12.7. The fourth-order valence-corrected chi connectivity index (χ4v) is 2.19. The molecule has 3 heterocycles. The number of carbonyl (C=O) groups excluding carboxylic acids is 1. The Morgan fingerprint density at radius 1 is 1.33 bits per heavy atom. The molecule has 3 aromatic rings. The first-order chi connectivity index (χ1) is 10.1. The third kappa shape index (κ3) is 2.78. The minimum Gasteiger partial charge on any atom is -0.452 e. The molecule has 106 valence electrons. The number of pyridine rings is 1. The van der Waals surface area contributed by atoms with Crippen molar-refractivity contribution in [2.45, 2.75) is 13.0 Å². The van der Waals surface area contributed by atoms with Crippen LogP contribution in [0.2, 0.25) is 0 Å². The van der Waals surface area contributed by atoms with Gasteiger partial charge in [-0.2, -0.15) is 5.10 Å². The molecule has 0 N–H and O–H groups in total. The van der Waals surface area contributed by atoms with E-state index in [9.17, 15) is 4.79 Å². The molecule has 6 nitrogen and oxygen atoms in total. The maximum atomic E-state index is 12.2. The molecule has 0 aliphatic heterocycles. The van der Waals surface area contributed by atoms with Gasteiger partial charge < -0.3 is 4.74 Å². The van der Waals surface area contributed by atoms with Crippen LogP contribution in [0.25, 0.3) is 5.65 Å². The second kappa shape index (κ2) is 5.61. The Hall–Kier alpha value is -2.28. The largest absolute Gasteiger partial charge is 0.452 e. The van der Waals surface area contributed by atoms with E-state index in [-0.39, 0.29) is 0 Å². The highest BCUT2D eigenvalue weighted by Crippen LogP contribution is 2.18. The summed E-state index contributed by atoms with van der Waals surface area (Å²) in [5, 5.41) is 4.09. The number of aromatic nitrogens is 4. The Morgan fingerprint density at radius 2 is 2.19 bits per heavy atom. The van der Waals surface area contributed by atoms with Gasteiger partial charge in [-0.1, -0.05) is 6.07 Å². The molecule has 7 heteroatoms. The van der Waals surface area contributed by atoms with Gasteiger partial charge in [-0.05, 0) is 35.0 Å². The summed E-state index contributed by atoms with van der Waals surface area (Å²) < 4.78 is 7.71. The van der Waals surface area contributed by atoms with Gasteiger partial charge in [0.05, 0.1) is 16.4 Å². The maximum absolute atomic E-state index is 12.2. The summed E-state index contributed by atoms with van der Waals surface area (Å²) in [6.45, 7) is 1.77. The average Bonchev–Trinajstić information content (AvgIpc) is 2.91. The van der Waals surface area contributed by atoms with E-state index < -0.39 is 12.1 Å². The fourth-order valence-electron chi connectivity index (χ4n) is 1.90. The van der Waals surface area contributed by atoms with Crippen molar-refractivity contribution >= 4 is 27.5 Å². The molecule has 0 aromatic carbocycles. The van der Waals surface area contributed by atoms with Gasteiger partial charge >= 0.3 is 5.97 Å². The molecule has 1 atom stereocenters. The normalized spacial score (nSPS) is 12.3. The van der Waals surface area contributed by atoms with Crippen LogP contribution in [0, 0.1) is 0 Å². The number of rotatable bonds is 3. The second-order valence-electron chi connectivity index (χ2n) is 4.40. The van der Waals surface area contributed by atoms with Crippen LogP contribution >= 0.6 is 15.9 Å². The highest BCUT2D eigenvalue weighted by molar-refractivity contribution is 9.10. The Morgan fingerprint density at radius 3 is 2.95 bits per heavy atom. The van der Waals surface area contributed by atoms with E-state index in [1.54, 1.807) is 25.5 Å². The number of nitrogens with zero attached hydrogens (tertiary/aromatic N) is 4. The molecular weight excluding hydrogens is 336 g/mol. The minimum atomic E-state index is -0.474. The summed E-state index contributed by atoms with van der Waals surface area (Å²) in [4.78, 5) is 20.6. The van der Waals surface area contributed by atoms with Crippen LogP contribution in [0.5, 0.6) is 0 Å². The Labute approximate surface area is 128 Å². The van der Waals surface area contributed by atoms with Crippen molar-refractivity contribution in [3.05, 3.63) is 58.7 Å². The highest BCUT2D eigenvalue weighted by atomic mass is 79.9. The number of hydrogen-bond acceptors (Lipinski definition) is 5. The van der Waals surface area contributed by atoms with Crippen molar-refractivity contribution in [2.24, 2.45) is 0 Å². The summed E-state index contributed by atoms with van der Waals surface area (Å²) >= 11 is 3.30. The number of esters is 1. The van der Waals surface area contributed by atoms with Gasteiger partial charge in [0.2, 0.25) is 0 Å². The number of fused-ring (bicyclic) bond motifs is 1. The quantitative estimate of drug-likeness (QED) is 0.682. The highest BCUT2D eigenvalue weighted by Gasteiger charge is 2.19. The van der Waals surface area contributed by atoms with E-state index >= 15 is 0 Å². The fraction of sp³-hybridized carbons (Fsp3) is 0.143. The van der Waals surface area contributed by atoms with Crippen LogP contribution < -0.4 is 0 Å². The van der Waals surface area contributed by atoms with Crippen LogP contribution in [-0.2, 0) is 4.74 Å². The molecule has 0 aliphatic rings. The third-order valence-electron chi connectivity index (χ3n) is 2.93. The zero-order chi connectivity index (χ0) is 14.8. The Bertz CT molecular complexity index is 788. The molecule has 1 unspecified atom stereocenters. The van der Waals surface area contributed by atoms with E-state index in [0.29, 0.717) is 16.9 Å². The summed E-state index contributed by atoms with van der Waals surface area (Å²) in [5.74, 6) is -0.474. The Kier molecular flexibility index (Phi) is 3.66. The SMILES string of the molecule is CC(OC(=O)c1cnn2cc(Br)cnc12)c1ccccn1. The lowest BCUT2D eigenvalue weighted by Crippen LogP contribution is -2.10. The van der Waals surface area contributed by atoms with Crippen LogP contribution in [0.15, 0.2) is 47.5 Å². The average molecular weight is 347 g/mol. The maximum Gasteiger partial charge on any atom is 0.344 e. The predicted molar refractivity (Wildman–Crippen MR) is 78.8 cm³/mol. The molecule has 0 saturated carbocycles. The third-order valence-corrected chi connectivity index (χ3v) is 3.34. The van der Waals surface area contributed by atoms with Crippen LogP contribution in [0.3, 0.4) is 0 Å². The zero-order valence-electron chi connectivity index (χ0n) is 11.1. The molecule has 3 rings (SSSR count). The molecule has 3 aromatic heterocycles. The van der Waals surface area contributed by atoms with Crippen molar-refractivity contribution in [2.75, 3.05) is 0 Å². The van der Waals surface area contributed by atoms with E-state index in [1.807, 2.05) is 18.2 Å². The molecular formula is C14H11BrN4O2. The molecule has 0 spiro atoms. The monoisotopic (exact) mass is 346 g/mol. The molecule has 0 bridgehead atoms. The first-order valence-corrected chi connectivity index (χ1v) is 7.05. The van der Waals surface area contributed by atoms with E-state index in [1.165, 1.54) is 10.7 Å². The van der Waals surface area contributed by atoms with Crippen molar-refractivity contribution in [1.82, 2.24) is 19.6 Å². The summed E-state index contributed by atoms with van der Waals surface area (Å²) in [6, 6.07) is 5.47. The minimum absolute atomic E-state index is 0.324. The van der Waals surface area contributed by atoms with Gasteiger partial charge in [0.15, 0.2) is 5.65 Å². The van der Waals surface area contributed by atoms with E-state index in [2.05, 4.69) is 31.0 Å². The van der Waals surface area contributed by atoms with Crippen LogP contribution in [0.4, 0.5) is 0 Å². The molecule has 0 radical (unpaired) electrons. The molecule has 0 fully saturated rings. The van der Waals surface area contributed by atoms with E-state index in [0.717, 1.165) is 4.47 Å². The number of carbonyl (C=O) groups is 1. The van der Waals surface area contributed by atoms with Crippen molar-refractivity contribution in [1.29, 1.82) is 0 Å². The van der Waals surface area contributed by atoms with Gasteiger partial charge in [-0.25, -0.2) is 14.3 Å². The van der Waals surface area contributed by atoms with Gasteiger partial charge in [0, 0.05) is 18.6 Å². The van der Waals surface area contributed by atoms with Crippen molar-refractivity contribution in [3.63, 3.8) is 0 Å². The topological polar surface area (TPSA) is 69.4 Å². The Balaban J connectivity index is 1.84. The van der Waals surface area contributed by atoms with Gasteiger partial charge in [-0.3, -0.25) is 4.98 Å². The molecule has 0 aliphatic carbocycles. The second-order valence-corrected chi connectivity index (χ2v) is 5.32. The van der Waals surface area contributed by atoms with Gasteiger partial charge in [-0.15, -0.1) is 0 Å². The molecule has 21 heavy (non-hydrogen) atoms. The number of hydrogen-bond donors (Lipinski definition) is 0. The summed E-state index contributed by atoms with van der Waals surface area (Å²) in [5.41, 5.74) is 1.47. The summed E-state index contributed by atoms with van der Waals surface area (Å²) in [7, 11) is 0. The molecule has 0 saturated heterocycles. The number of halogens is 1.